The molecule has 2 nitrogen and oxygen atoms in total. The lowest BCUT2D eigenvalue weighted by Crippen LogP contribution is -2.61. The molecule has 1 rings (SSSR count). The predicted molar refractivity (Wildman–Crippen MR) is 93.4 cm³/mol. The van der Waals surface area contributed by atoms with Gasteiger partial charge >= 0.3 is 0 Å². The van der Waals surface area contributed by atoms with E-state index in [1.54, 1.807) is 0 Å². The van der Waals surface area contributed by atoms with E-state index in [2.05, 4.69) is 52.8 Å². The highest BCUT2D eigenvalue weighted by Gasteiger charge is 2.49. The number of nitrogens with two attached hydrogens (primary N) is 1. The SMILES string of the molecule is CSCCC(C)N(C)C1(CN)CC(C)(C)CC(C)(C)C1. The second kappa shape index (κ2) is 6.58. The fourth-order valence-electron chi connectivity index (χ4n) is 4.75. The molecule has 1 saturated carbocycles. The van der Waals surface area contributed by atoms with E-state index in [0.717, 1.165) is 6.54 Å². The Morgan fingerprint density at radius 3 is 2.00 bits per heavy atom. The van der Waals surface area contributed by atoms with Gasteiger partial charge in [-0.25, -0.2) is 0 Å². The van der Waals surface area contributed by atoms with E-state index in [4.69, 9.17) is 5.73 Å². The van der Waals surface area contributed by atoms with Gasteiger partial charge in [0, 0.05) is 18.1 Å². The molecule has 0 bridgehead atoms. The summed E-state index contributed by atoms with van der Waals surface area (Å²) in [6.45, 7) is 12.8. The molecule has 2 N–H and O–H groups in total. The minimum absolute atomic E-state index is 0.170. The van der Waals surface area contributed by atoms with Crippen LogP contribution < -0.4 is 5.73 Å². The van der Waals surface area contributed by atoms with Gasteiger partial charge in [-0.05, 0) is 62.5 Å². The first-order valence-corrected chi connectivity index (χ1v) is 9.39. The van der Waals surface area contributed by atoms with Gasteiger partial charge in [0.1, 0.15) is 0 Å². The van der Waals surface area contributed by atoms with Crippen LogP contribution in [0.1, 0.15) is 60.3 Å². The number of rotatable bonds is 6. The molecule has 20 heavy (non-hydrogen) atoms. The Morgan fingerprint density at radius 1 is 1.10 bits per heavy atom. The smallest absolute Gasteiger partial charge is 0.0341 e. The molecule has 0 saturated heterocycles. The van der Waals surface area contributed by atoms with Crippen molar-refractivity contribution in [3.8, 4) is 0 Å². The van der Waals surface area contributed by atoms with Gasteiger partial charge in [0.25, 0.3) is 0 Å². The molecule has 0 aromatic heterocycles. The third-order valence-corrected chi connectivity index (χ3v) is 5.75. The van der Waals surface area contributed by atoms with Crippen LogP contribution in [0.25, 0.3) is 0 Å². The molecule has 1 atom stereocenters. The molecule has 0 aromatic carbocycles. The number of hydrogen-bond donors (Lipinski definition) is 1. The van der Waals surface area contributed by atoms with Crippen LogP contribution in [0.15, 0.2) is 0 Å². The molecule has 0 aliphatic heterocycles. The molecule has 1 aliphatic rings. The van der Waals surface area contributed by atoms with E-state index < -0.39 is 0 Å². The third kappa shape index (κ3) is 4.38. The van der Waals surface area contributed by atoms with Gasteiger partial charge in [-0.15, -0.1) is 0 Å². The number of thioether (sulfide) groups is 1. The highest BCUT2D eigenvalue weighted by Crippen LogP contribution is 2.52. The summed E-state index contributed by atoms with van der Waals surface area (Å²) in [5, 5.41) is 0. The summed E-state index contributed by atoms with van der Waals surface area (Å²) in [7, 11) is 2.30. The lowest BCUT2D eigenvalue weighted by molar-refractivity contribution is -0.0473. The van der Waals surface area contributed by atoms with E-state index in [9.17, 15) is 0 Å². The first-order valence-electron chi connectivity index (χ1n) is 7.99. The second-order valence-corrected chi connectivity index (χ2v) is 9.51. The number of likely N-dealkylation sites (N-methyl/N-ethyl adjacent to an activating group) is 1. The van der Waals surface area contributed by atoms with E-state index >= 15 is 0 Å². The lowest BCUT2D eigenvalue weighted by atomic mass is 9.57. The Labute approximate surface area is 131 Å². The zero-order valence-electron chi connectivity index (χ0n) is 14.8. The normalized spacial score (nSPS) is 25.6. The minimum Gasteiger partial charge on any atom is -0.329 e. The van der Waals surface area contributed by atoms with Crippen molar-refractivity contribution in [2.45, 2.75) is 71.9 Å². The van der Waals surface area contributed by atoms with Gasteiger partial charge in [0.05, 0.1) is 0 Å². The molecule has 0 spiro atoms. The topological polar surface area (TPSA) is 29.3 Å². The highest BCUT2D eigenvalue weighted by molar-refractivity contribution is 7.98. The molecule has 1 aliphatic carbocycles. The lowest BCUT2D eigenvalue weighted by Gasteiger charge is -2.56. The molecular weight excluding hydrogens is 264 g/mol. The van der Waals surface area contributed by atoms with Crippen LogP contribution in [0, 0.1) is 10.8 Å². The van der Waals surface area contributed by atoms with Crippen LogP contribution in [-0.2, 0) is 0 Å². The number of hydrogen-bond acceptors (Lipinski definition) is 3. The van der Waals surface area contributed by atoms with E-state index in [0.29, 0.717) is 16.9 Å². The number of nitrogens with zero attached hydrogens (tertiary/aromatic N) is 1. The van der Waals surface area contributed by atoms with Crippen molar-refractivity contribution in [1.29, 1.82) is 0 Å². The monoisotopic (exact) mass is 300 g/mol. The predicted octanol–water partition coefficient (Wildman–Crippen LogP) is 3.99. The summed E-state index contributed by atoms with van der Waals surface area (Å²) in [5.74, 6) is 1.24. The second-order valence-electron chi connectivity index (χ2n) is 8.53. The van der Waals surface area contributed by atoms with Crippen LogP contribution in [0.4, 0.5) is 0 Å². The van der Waals surface area contributed by atoms with Gasteiger partial charge in [-0.2, -0.15) is 11.8 Å². The largest absolute Gasteiger partial charge is 0.329 e. The quantitative estimate of drug-likeness (QED) is 0.804. The first kappa shape index (κ1) is 18.3. The van der Waals surface area contributed by atoms with Crippen molar-refractivity contribution in [1.82, 2.24) is 4.90 Å². The van der Waals surface area contributed by atoms with Crippen molar-refractivity contribution in [3.63, 3.8) is 0 Å². The molecule has 1 fully saturated rings. The van der Waals surface area contributed by atoms with Crippen LogP contribution in [0.3, 0.4) is 0 Å². The Hall–Kier alpha value is 0.270. The Balaban J connectivity index is 2.94. The van der Waals surface area contributed by atoms with E-state index in [-0.39, 0.29) is 5.54 Å². The molecule has 120 valence electrons. The van der Waals surface area contributed by atoms with Gasteiger partial charge in [0.15, 0.2) is 0 Å². The molecule has 0 radical (unpaired) electrons. The van der Waals surface area contributed by atoms with Crippen LogP contribution in [0.2, 0.25) is 0 Å². The summed E-state index contributed by atoms with van der Waals surface area (Å²) in [6.07, 6.45) is 7.19. The maximum Gasteiger partial charge on any atom is 0.0341 e. The van der Waals surface area contributed by atoms with Crippen molar-refractivity contribution in [3.05, 3.63) is 0 Å². The fourth-order valence-corrected chi connectivity index (χ4v) is 5.33. The van der Waals surface area contributed by atoms with Crippen LogP contribution in [-0.4, -0.2) is 42.1 Å². The summed E-state index contributed by atoms with van der Waals surface area (Å²) >= 11 is 1.94. The average molecular weight is 301 g/mol. The molecule has 0 heterocycles. The standard InChI is InChI=1S/C17H36N2S/c1-14(8-9-20-7)19(6)17(13-18)11-15(2,3)10-16(4,5)12-17/h14H,8-13,18H2,1-7H3. The first-order chi connectivity index (χ1) is 9.07. The van der Waals surface area contributed by atoms with Crippen molar-refractivity contribution < 1.29 is 0 Å². The fraction of sp³-hybridized carbons (Fsp3) is 1.00. The molecule has 0 aromatic rings. The van der Waals surface area contributed by atoms with Gasteiger partial charge in [0.2, 0.25) is 0 Å². The molecule has 3 heteroatoms. The van der Waals surface area contributed by atoms with Crippen molar-refractivity contribution in [2.24, 2.45) is 16.6 Å². The Morgan fingerprint density at radius 2 is 1.60 bits per heavy atom. The summed E-state index contributed by atoms with van der Waals surface area (Å²) in [5.41, 5.74) is 7.24. The molecule has 1 unspecified atom stereocenters. The van der Waals surface area contributed by atoms with Gasteiger partial charge < -0.3 is 5.73 Å². The summed E-state index contributed by atoms with van der Waals surface area (Å²) < 4.78 is 0. The van der Waals surface area contributed by atoms with Gasteiger partial charge in [-0.1, -0.05) is 27.7 Å². The zero-order chi connectivity index (χ0) is 15.6. The molecular formula is C17H36N2S. The third-order valence-electron chi connectivity index (χ3n) is 5.10. The van der Waals surface area contributed by atoms with Crippen molar-refractivity contribution >= 4 is 11.8 Å². The average Bonchev–Trinajstić information content (AvgIpc) is 2.30. The van der Waals surface area contributed by atoms with Crippen LogP contribution >= 0.6 is 11.8 Å². The van der Waals surface area contributed by atoms with Crippen molar-refractivity contribution in [2.75, 3.05) is 25.6 Å². The Kier molecular flexibility index (Phi) is 6.03. The highest BCUT2D eigenvalue weighted by atomic mass is 32.2. The Bertz CT molecular complexity index is 296. The molecule has 0 amide bonds. The summed E-state index contributed by atoms with van der Waals surface area (Å²) in [6, 6.07) is 0.607. The zero-order valence-corrected chi connectivity index (χ0v) is 15.6. The van der Waals surface area contributed by atoms with Crippen LogP contribution in [0.5, 0.6) is 0 Å². The minimum atomic E-state index is 0.170. The maximum atomic E-state index is 6.30. The van der Waals surface area contributed by atoms with E-state index in [1.807, 2.05) is 11.8 Å². The van der Waals surface area contributed by atoms with E-state index in [1.165, 1.54) is 31.4 Å². The van der Waals surface area contributed by atoms with Gasteiger partial charge in [-0.3, -0.25) is 4.90 Å². The maximum absolute atomic E-state index is 6.30. The summed E-state index contributed by atoms with van der Waals surface area (Å²) in [4.78, 5) is 2.60.